The minimum absolute atomic E-state index is 0.0747. The zero-order valence-electron chi connectivity index (χ0n) is 5.90. The lowest BCUT2D eigenvalue weighted by Gasteiger charge is -2.05. The molecule has 1 amide bonds. The van der Waals surface area contributed by atoms with Gasteiger partial charge in [-0.3, -0.25) is 0 Å². The van der Waals surface area contributed by atoms with E-state index in [0.29, 0.717) is 0 Å². The van der Waals surface area contributed by atoms with Crippen LogP contribution in [0, 0.1) is 5.92 Å². The van der Waals surface area contributed by atoms with Crippen LogP contribution in [-0.2, 0) is 9.68 Å². The fraction of sp³-hybridized carbons (Fsp3) is 0.600. The summed E-state index contributed by atoms with van der Waals surface area (Å²) in [5.41, 5.74) is 0. The number of hydrogen-bond acceptors (Lipinski definition) is 4. The van der Waals surface area contributed by atoms with Crippen LogP contribution in [0.3, 0.4) is 0 Å². The first-order valence-electron chi connectivity index (χ1n) is 2.90. The maximum atomic E-state index is 10.4. The van der Waals surface area contributed by atoms with Gasteiger partial charge in [0.15, 0.2) is 0 Å². The molecule has 0 aliphatic carbocycles. The normalized spacial score (nSPS) is 11.8. The van der Waals surface area contributed by atoms with Crippen molar-refractivity contribution >= 4 is 12.1 Å². The van der Waals surface area contributed by atoms with Gasteiger partial charge in [-0.15, -0.1) is 0 Å². The lowest BCUT2D eigenvalue weighted by Crippen LogP contribution is -2.30. The van der Waals surface area contributed by atoms with Crippen molar-refractivity contribution in [1.82, 2.24) is 5.32 Å². The summed E-state index contributed by atoms with van der Waals surface area (Å²) in [5, 5.41) is 17.9. The van der Waals surface area contributed by atoms with Gasteiger partial charge in [0.05, 0.1) is 5.92 Å². The monoisotopic (exact) mass is 163 g/mol. The number of carbonyl (C=O) groups excluding carboxylic acids is 1. The summed E-state index contributed by atoms with van der Waals surface area (Å²) >= 11 is 0. The SMILES string of the molecule is CC(CNC(=O)O)C(=O)OO. The number of amides is 1. The van der Waals surface area contributed by atoms with Crippen LogP contribution in [0.4, 0.5) is 4.79 Å². The van der Waals surface area contributed by atoms with Gasteiger partial charge in [0.2, 0.25) is 0 Å². The van der Waals surface area contributed by atoms with Gasteiger partial charge in [-0.1, -0.05) is 6.92 Å². The lowest BCUT2D eigenvalue weighted by molar-refractivity contribution is -0.238. The summed E-state index contributed by atoms with van der Waals surface area (Å²) in [6.45, 7) is 1.35. The van der Waals surface area contributed by atoms with Gasteiger partial charge in [0, 0.05) is 6.54 Å². The molecule has 1 unspecified atom stereocenters. The molecule has 0 aliphatic heterocycles. The number of rotatable bonds is 3. The van der Waals surface area contributed by atoms with Crippen LogP contribution in [0.1, 0.15) is 6.92 Å². The number of hydrogen-bond donors (Lipinski definition) is 3. The Hall–Kier alpha value is -1.30. The van der Waals surface area contributed by atoms with E-state index in [4.69, 9.17) is 10.4 Å². The second-order valence-electron chi connectivity index (χ2n) is 2.00. The van der Waals surface area contributed by atoms with Crippen LogP contribution in [0.25, 0.3) is 0 Å². The maximum absolute atomic E-state index is 10.4. The minimum Gasteiger partial charge on any atom is -0.465 e. The highest BCUT2D eigenvalue weighted by molar-refractivity contribution is 5.72. The highest BCUT2D eigenvalue weighted by atomic mass is 17.1. The van der Waals surface area contributed by atoms with Crippen molar-refractivity contribution in [3.63, 3.8) is 0 Å². The fourth-order valence-electron chi connectivity index (χ4n) is 0.414. The first-order valence-corrected chi connectivity index (χ1v) is 2.90. The van der Waals surface area contributed by atoms with Gasteiger partial charge in [-0.05, 0) is 0 Å². The number of carbonyl (C=O) groups is 2. The first kappa shape index (κ1) is 9.70. The molecular formula is C5H9NO5. The van der Waals surface area contributed by atoms with Crippen molar-refractivity contribution in [2.24, 2.45) is 5.92 Å². The van der Waals surface area contributed by atoms with Crippen LogP contribution >= 0.6 is 0 Å². The Morgan fingerprint density at radius 1 is 1.64 bits per heavy atom. The molecular weight excluding hydrogens is 154 g/mol. The van der Waals surface area contributed by atoms with E-state index in [2.05, 4.69) is 4.89 Å². The van der Waals surface area contributed by atoms with E-state index in [1.54, 1.807) is 0 Å². The molecule has 0 saturated heterocycles. The highest BCUT2D eigenvalue weighted by Gasteiger charge is 2.14. The van der Waals surface area contributed by atoms with E-state index in [0.717, 1.165) is 0 Å². The largest absolute Gasteiger partial charge is 0.465 e. The summed E-state index contributed by atoms with van der Waals surface area (Å²) in [6.07, 6.45) is -1.22. The lowest BCUT2D eigenvalue weighted by atomic mass is 10.2. The van der Waals surface area contributed by atoms with Crippen molar-refractivity contribution in [3.8, 4) is 0 Å². The van der Waals surface area contributed by atoms with Crippen LogP contribution in [0.5, 0.6) is 0 Å². The standard InChI is InChI=1S/C5H9NO5/c1-3(4(7)11-10)2-6-5(8)9/h3,6,10H,2H2,1H3,(H,8,9). The van der Waals surface area contributed by atoms with Gasteiger partial charge in [-0.25, -0.2) is 9.59 Å². The molecule has 0 aromatic carbocycles. The molecule has 0 saturated carbocycles. The van der Waals surface area contributed by atoms with Gasteiger partial charge in [-0.2, -0.15) is 5.26 Å². The van der Waals surface area contributed by atoms with Gasteiger partial charge in [0.1, 0.15) is 0 Å². The second kappa shape index (κ2) is 4.51. The molecule has 64 valence electrons. The third kappa shape index (κ3) is 4.15. The zero-order chi connectivity index (χ0) is 8.85. The van der Waals surface area contributed by atoms with Crippen LogP contribution in [-0.4, -0.2) is 29.0 Å². The van der Waals surface area contributed by atoms with E-state index in [-0.39, 0.29) is 6.54 Å². The molecule has 0 spiro atoms. The van der Waals surface area contributed by atoms with E-state index >= 15 is 0 Å². The van der Waals surface area contributed by atoms with Crippen molar-refractivity contribution in [3.05, 3.63) is 0 Å². The number of nitrogens with one attached hydrogen (secondary N) is 1. The smallest absolute Gasteiger partial charge is 0.404 e. The molecule has 0 aliphatic rings. The Morgan fingerprint density at radius 2 is 2.18 bits per heavy atom. The highest BCUT2D eigenvalue weighted by Crippen LogP contribution is 1.94. The van der Waals surface area contributed by atoms with E-state index in [9.17, 15) is 9.59 Å². The van der Waals surface area contributed by atoms with Gasteiger partial charge >= 0.3 is 12.1 Å². The van der Waals surface area contributed by atoms with Gasteiger partial charge < -0.3 is 15.3 Å². The molecule has 0 bridgehead atoms. The average Bonchev–Trinajstić information content (AvgIpc) is 1.98. The quantitative estimate of drug-likeness (QED) is 0.399. The average molecular weight is 163 g/mol. The molecule has 0 radical (unpaired) electrons. The Morgan fingerprint density at radius 3 is 2.55 bits per heavy atom. The summed E-state index contributed by atoms with van der Waals surface area (Å²) in [6, 6.07) is 0. The van der Waals surface area contributed by atoms with Crippen LogP contribution < -0.4 is 5.32 Å². The Kier molecular flexibility index (Phi) is 3.97. The first-order chi connectivity index (χ1) is 5.07. The predicted molar refractivity (Wildman–Crippen MR) is 33.9 cm³/mol. The summed E-state index contributed by atoms with van der Waals surface area (Å²) in [7, 11) is 0. The Bertz CT molecular complexity index is 157. The molecule has 6 heteroatoms. The van der Waals surface area contributed by atoms with Crippen molar-refractivity contribution in [2.45, 2.75) is 6.92 Å². The predicted octanol–water partition coefficient (Wildman–Crippen LogP) is -0.0937. The maximum Gasteiger partial charge on any atom is 0.404 e. The topological polar surface area (TPSA) is 95.9 Å². The van der Waals surface area contributed by atoms with Crippen molar-refractivity contribution in [1.29, 1.82) is 0 Å². The molecule has 6 nitrogen and oxygen atoms in total. The number of carboxylic acid groups (broad SMARTS) is 1. The molecule has 0 rings (SSSR count). The molecule has 3 N–H and O–H groups in total. The molecule has 0 aromatic rings. The fourth-order valence-corrected chi connectivity index (χ4v) is 0.414. The van der Waals surface area contributed by atoms with Crippen LogP contribution in [0.2, 0.25) is 0 Å². The molecule has 11 heavy (non-hydrogen) atoms. The van der Waals surface area contributed by atoms with Crippen molar-refractivity contribution in [2.75, 3.05) is 6.54 Å². The van der Waals surface area contributed by atoms with Gasteiger partial charge in [0.25, 0.3) is 0 Å². The van der Waals surface area contributed by atoms with E-state index in [1.807, 2.05) is 5.32 Å². The molecule has 0 fully saturated rings. The minimum atomic E-state index is -1.22. The zero-order valence-corrected chi connectivity index (χ0v) is 5.90. The van der Waals surface area contributed by atoms with E-state index in [1.165, 1.54) is 6.92 Å². The van der Waals surface area contributed by atoms with Crippen molar-refractivity contribution < 1.29 is 24.8 Å². The Balaban J connectivity index is 3.60. The molecule has 0 heterocycles. The van der Waals surface area contributed by atoms with Crippen LogP contribution in [0.15, 0.2) is 0 Å². The summed E-state index contributed by atoms with van der Waals surface area (Å²) in [5.74, 6) is -1.55. The third-order valence-electron chi connectivity index (χ3n) is 1.05. The summed E-state index contributed by atoms with van der Waals surface area (Å²) < 4.78 is 0. The second-order valence-corrected chi connectivity index (χ2v) is 2.00. The Labute approximate surface area is 62.7 Å². The third-order valence-corrected chi connectivity index (χ3v) is 1.05. The van der Waals surface area contributed by atoms with E-state index < -0.39 is 18.0 Å². The summed E-state index contributed by atoms with van der Waals surface area (Å²) in [4.78, 5) is 23.7. The molecule has 1 atom stereocenters. The molecule has 0 aromatic heterocycles.